The van der Waals surface area contributed by atoms with Gasteiger partial charge in [0, 0.05) is 13.6 Å². The summed E-state index contributed by atoms with van der Waals surface area (Å²) in [7, 11) is 3.50. The Morgan fingerprint density at radius 2 is 2.27 bits per heavy atom. The number of ether oxygens (including phenoxy) is 1. The maximum absolute atomic E-state index is 12.8. The SMILES string of the molecule is COc1c(C2CCCN2C(=O)c2ccc(Cl)s2)c(C)nn1C. The lowest BCUT2D eigenvalue weighted by atomic mass is 10.0. The number of rotatable bonds is 3. The Morgan fingerprint density at radius 3 is 2.91 bits per heavy atom. The smallest absolute Gasteiger partial charge is 0.264 e. The molecule has 2 aromatic rings. The van der Waals surface area contributed by atoms with E-state index in [-0.39, 0.29) is 11.9 Å². The van der Waals surface area contributed by atoms with Gasteiger partial charge in [-0.1, -0.05) is 11.6 Å². The van der Waals surface area contributed by atoms with Gasteiger partial charge in [0.2, 0.25) is 5.88 Å². The van der Waals surface area contributed by atoms with Crippen molar-refractivity contribution in [3.63, 3.8) is 0 Å². The van der Waals surface area contributed by atoms with Crippen molar-refractivity contribution in [3.05, 3.63) is 32.6 Å². The molecule has 0 spiro atoms. The standard InChI is InChI=1S/C15H18ClN3O2S/c1-9-13(15(21-3)18(2)17-9)10-5-4-8-19(10)14(20)11-6-7-12(16)22-11/h6-7,10H,4-5,8H2,1-3H3. The first kappa shape index (κ1) is 15.4. The van der Waals surface area contributed by atoms with E-state index in [2.05, 4.69) is 5.10 Å². The molecule has 1 unspecified atom stereocenters. The van der Waals surface area contributed by atoms with Gasteiger partial charge in [-0.15, -0.1) is 11.3 Å². The molecule has 0 radical (unpaired) electrons. The second kappa shape index (κ2) is 5.93. The lowest BCUT2D eigenvalue weighted by Crippen LogP contribution is -2.30. The molecular formula is C15H18ClN3O2S. The summed E-state index contributed by atoms with van der Waals surface area (Å²) in [5, 5.41) is 4.43. The van der Waals surface area contributed by atoms with Crippen molar-refractivity contribution in [1.29, 1.82) is 0 Å². The molecule has 3 rings (SSSR count). The number of carbonyl (C=O) groups is 1. The van der Waals surface area contributed by atoms with Gasteiger partial charge in [-0.25, -0.2) is 4.68 Å². The van der Waals surface area contributed by atoms with Gasteiger partial charge in [0.25, 0.3) is 5.91 Å². The van der Waals surface area contributed by atoms with Crippen LogP contribution in [0.15, 0.2) is 12.1 Å². The summed E-state index contributed by atoms with van der Waals surface area (Å²) in [6, 6.07) is 3.57. The molecule has 0 aromatic carbocycles. The topological polar surface area (TPSA) is 47.4 Å². The zero-order valence-electron chi connectivity index (χ0n) is 12.8. The van der Waals surface area contributed by atoms with E-state index in [4.69, 9.17) is 16.3 Å². The predicted molar refractivity (Wildman–Crippen MR) is 86.8 cm³/mol. The van der Waals surface area contributed by atoms with Crippen LogP contribution in [0.4, 0.5) is 0 Å². The Labute approximate surface area is 138 Å². The average molecular weight is 340 g/mol. The second-order valence-corrected chi connectivity index (χ2v) is 7.11. The molecule has 2 aromatic heterocycles. The van der Waals surface area contributed by atoms with Crippen LogP contribution in [0.5, 0.6) is 5.88 Å². The number of likely N-dealkylation sites (tertiary alicyclic amines) is 1. The highest BCUT2D eigenvalue weighted by Gasteiger charge is 2.35. The molecule has 118 valence electrons. The van der Waals surface area contributed by atoms with Gasteiger partial charge >= 0.3 is 0 Å². The molecule has 0 saturated carbocycles. The highest BCUT2D eigenvalue weighted by molar-refractivity contribution is 7.17. The van der Waals surface area contributed by atoms with Crippen LogP contribution in [-0.2, 0) is 7.05 Å². The van der Waals surface area contributed by atoms with Crippen LogP contribution in [0.2, 0.25) is 4.34 Å². The second-order valence-electron chi connectivity index (χ2n) is 5.39. The highest BCUT2D eigenvalue weighted by Crippen LogP contribution is 2.40. The molecule has 0 bridgehead atoms. The van der Waals surface area contributed by atoms with Crippen molar-refractivity contribution < 1.29 is 9.53 Å². The van der Waals surface area contributed by atoms with E-state index in [1.807, 2.05) is 18.9 Å². The summed E-state index contributed by atoms with van der Waals surface area (Å²) in [6.45, 7) is 2.71. The van der Waals surface area contributed by atoms with Crippen LogP contribution in [0, 0.1) is 6.92 Å². The summed E-state index contributed by atoms with van der Waals surface area (Å²) < 4.78 is 7.85. The van der Waals surface area contributed by atoms with Gasteiger partial charge in [-0.05, 0) is 31.9 Å². The third kappa shape index (κ3) is 2.50. The summed E-state index contributed by atoms with van der Waals surface area (Å²) in [5.74, 6) is 0.760. The first-order chi connectivity index (χ1) is 10.5. The van der Waals surface area contributed by atoms with Gasteiger partial charge in [0.15, 0.2) is 0 Å². The molecule has 3 heterocycles. The van der Waals surface area contributed by atoms with Gasteiger partial charge < -0.3 is 9.64 Å². The van der Waals surface area contributed by atoms with E-state index >= 15 is 0 Å². The first-order valence-electron chi connectivity index (χ1n) is 7.16. The monoisotopic (exact) mass is 339 g/mol. The zero-order chi connectivity index (χ0) is 15.9. The minimum Gasteiger partial charge on any atom is -0.481 e. The lowest BCUT2D eigenvalue weighted by Gasteiger charge is -2.24. The Hall–Kier alpha value is -1.53. The molecule has 1 aliphatic heterocycles. The average Bonchev–Trinajstić information content (AvgIpc) is 3.16. The molecule has 1 fully saturated rings. The number of methoxy groups -OCH3 is 1. The fourth-order valence-electron chi connectivity index (χ4n) is 3.16. The number of amides is 1. The molecule has 1 aliphatic rings. The van der Waals surface area contributed by atoms with E-state index in [1.54, 1.807) is 23.9 Å². The van der Waals surface area contributed by atoms with Crippen LogP contribution in [-0.4, -0.2) is 34.2 Å². The van der Waals surface area contributed by atoms with E-state index in [0.717, 1.165) is 36.5 Å². The Balaban J connectivity index is 1.95. The molecule has 7 heteroatoms. The van der Waals surface area contributed by atoms with Crippen LogP contribution < -0.4 is 4.74 Å². The maximum atomic E-state index is 12.8. The van der Waals surface area contributed by atoms with Gasteiger partial charge in [0.05, 0.1) is 33.6 Å². The molecule has 0 N–H and O–H groups in total. The van der Waals surface area contributed by atoms with Gasteiger partial charge in [0.1, 0.15) is 0 Å². The van der Waals surface area contributed by atoms with Crippen LogP contribution in [0.3, 0.4) is 0 Å². The minimum atomic E-state index is 0.0111. The molecule has 1 amide bonds. The predicted octanol–water partition coefficient (Wildman–Crippen LogP) is 3.43. The summed E-state index contributed by atoms with van der Waals surface area (Å²) >= 11 is 7.28. The fraction of sp³-hybridized carbons (Fsp3) is 0.467. The summed E-state index contributed by atoms with van der Waals surface area (Å²) in [4.78, 5) is 15.4. The van der Waals surface area contributed by atoms with Crippen LogP contribution >= 0.6 is 22.9 Å². The minimum absolute atomic E-state index is 0.0111. The lowest BCUT2D eigenvalue weighted by molar-refractivity contribution is 0.0738. The maximum Gasteiger partial charge on any atom is 0.264 e. The largest absolute Gasteiger partial charge is 0.481 e. The van der Waals surface area contributed by atoms with Crippen molar-refractivity contribution in [3.8, 4) is 5.88 Å². The van der Waals surface area contributed by atoms with Crippen molar-refractivity contribution in [2.24, 2.45) is 7.05 Å². The Bertz CT molecular complexity index is 710. The quantitative estimate of drug-likeness (QED) is 0.860. The number of carbonyl (C=O) groups excluding carboxylic acids is 1. The molecule has 1 saturated heterocycles. The van der Waals surface area contributed by atoms with Crippen molar-refractivity contribution in [2.75, 3.05) is 13.7 Å². The normalized spacial score (nSPS) is 18.0. The number of nitrogens with zero attached hydrogens (tertiary/aromatic N) is 3. The Morgan fingerprint density at radius 1 is 1.50 bits per heavy atom. The van der Waals surface area contributed by atoms with E-state index in [0.29, 0.717) is 9.21 Å². The number of halogens is 1. The number of thiophene rings is 1. The van der Waals surface area contributed by atoms with Gasteiger partial charge in [-0.3, -0.25) is 4.79 Å². The van der Waals surface area contributed by atoms with Crippen molar-refractivity contribution >= 4 is 28.8 Å². The number of aromatic nitrogens is 2. The van der Waals surface area contributed by atoms with Crippen LogP contribution in [0.25, 0.3) is 0 Å². The number of aryl methyl sites for hydroxylation is 2. The third-order valence-electron chi connectivity index (χ3n) is 4.04. The third-order valence-corrected chi connectivity index (χ3v) is 5.26. The van der Waals surface area contributed by atoms with E-state index in [9.17, 15) is 4.79 Å². The van der Waals surface area contributed by atoms with Crippen molar-refractivity contribution in [2.45, 2.75) is 25.8 Å². The zero-order valence-corrected chi connectivity index (χ0v) is 14.4. The summed E-state index contributed by atoms with van der Waals surface area (Å²) in [5.41, 5.74) is 1.92. The number of hydrogen-bond acceptors (Lipinski definition) is 4. The molecule has 1 atom stereocenters. The molecule has 0 aliphatic carbocycles. The Kier molecular flexibility index (Phi) is 4.14. The van der Waals surface area contributed by atoms with Gasteiger partial charge in [-0.2, -0.15) is 5.10 Å². The molecule has 22 heavy (non-hydrogen) atoms. The molecule has 5 nitrogen and oxygen atoms in total. The fourth-order valence-corrected chi connectivity index (χ4v) is 4.16. The highest BCUT2D eigenvalue weighted by atomic mass is 35.5. The number of hydrogen-bond donors (Lipinski definition) is 0. The molecular weight excluding hydrogens is 322 g/mol. The van der Waals surface area contributed by atoms with Crippen LogP contribution in [0.1, 0.15) is 39.8 Å². The van der Waals surface area contributed by atoms with E-state index < -0.39 is 0 Å². The van der Waals surface area contributed by atoms with E-state index in [1.165, 1.54) is 11.3 Å². The first-order valence-corrected chi connectivity index (χ1v) is 8.36. The van der Waals surface area contributed by atoms with Crippen molar-refractivity contribution in [1.82, 2.24) is 14.7 Å². The summed E-state index contributed by atoms with van der Waals surface area (Å²) in [6.07, 6.45) is 1.90.